The van der Waals surface area contributed by atoms with Gasteiger partial charge in [0.05, 0.1) is 0 Å². The van der Waals surface area contributed by atoms with Crippen LogP contribution in [0, 0.1) is 0 Å². The number of hydrogen-bond acceptors (Lipinski definition) is 3. The Labute approximate surface area is 122 Å². The number of hydrogen-bond donors (Lipinski definition) is 2. The Hall–Kier alpha value is -1.26. The van der Waals surface area contributed by atoms with Crippen molar-refractivity contribution < 1.29 is 4.79 Å². The zero-order chi connectivity index (χ0) is 14.2. The van der Waals surface area contributed by atoms with Crippen LogP contribution in [0.3, 0.4) is 0 Å². The standard InChI is InChI=1S/C13H15Cl2N3O/c1-13(2,3)18-12-16-10(11(19)17-12)9-7(14)5-4-6-8(9)15/h4-6,10H,1-3H3,(H2,16,17,18,19). The van der Waals surface area contributed by atoms with Crippen molar-refractivity contribution >= 4 is 35.1 Å². The first-order valence-electron chi connectivity index (χ1n) is 5.89. The predicted molar refractivity (Wildman–Crippen MR) is 77.7 cm³/mol. The Morgan fingerprint density at radius 2 is 1.84 bits per heavy atom. The SMILES string of the molecule is CC(C)(C)NC1=NC(c2c(Cl)cccc2Cl)C(=O)N1. The van der Waals surface area contributed by atoms with Crippen molar-refractivity contribution in [1.82, 2.24) is 10.6 Å². The highest BCUT2D eigenvalue weighted by Gasteiger charge is 2.32. The molecule has 1 amide bonds. The summed E-state index contributed by atoms with van der Waals surface area (Å²) in [4.78, 5) is 16.3. The van der Waals surface area contributed by atoms with E-state index in [9.17, 15) is 4.79 Å². The van der Waals surface area contributed by atoms with Gasteiger partial charge in [-0.2, -0.15) is 0 Å². The van der Waals surface area contributed by atoms with Gasteiger partial charge in [0.25, 0.3) is 5.91 Å². The zero-order valence-electron chi connectivity index (χ0n) is 10.9. The predicted octanol–water partition coefficient (Wildman–Crippen LogP) is 2.91. The maximum atomic E-state index is 12.0. The summed E-state index contributed by atoms with van der Waals surface area (Å²) < 4.78 is 0. The van der Waals surface area contributed by atoms with Crippen LogP contribution in [-0.4, -0.2) is 17.4 Å². The summed E-state index contributed by atoms with van der Waals surface area (Å²) in [5.74, 6) is 0.209. The molecule has 0 radical (unpaired) electrons. The summed E-state index contributed by atoms with van der Waals surface area (Å²) in [6, 6.07) is 4.42. The first-order valence-corrected chi connectivity index (χ1v) is 6.64. The van der Waals surface area contributed by atoms with Crippen molar-refractivity contribution in [2.45, 2.75) is 32.4 Å². The van der Waals surface area contributed by atoms with Crippen LogP contribution in [0.1, 0.15) is 32.4 Å². The van der Waals surface area contributed by atoms with Crippen molar-refractivity contribution in [3.05, 3.63) is 33.8 Å². The first-order chi connectivity index (χ1) is 8.78. The molecule has 1 atom stereocenters. The van der Waals surface area contributed by atoms with Gasteiger partial charge in [0, 0.05) is 21.1 Å². The smallest absolute Gasteiger partial charge is 0.256 e. The molecule has 19 heavy (non-hydrogen) atoms. The van der Waals surface area contributed by atoms with Crippen LogP contribution in [0.4, 0.5) is 0 Å². The molecule has 0 bridgehead atoms. The second-order valence-electron chi connectivity index (χ2n) is 5.38. The average Bonchev–Trinajstić information content (AvgIpc) is 2.56. The van der Waals surface area contributed by atoms with Crippen molar-refractivity contribution in [3.8, 4) is 0 Å². The van der Waals surface area contributed by atoms with Crippen LogP contribution in [0.25, 0.3) is 0 Å². The van der Waals surface area contributed by atoms with Gasteiger partial charge in [-0.25, -0.2) is 4.99 Å². The van der Waals surface area contributed by atoms with Gasteiger partial charge < -0.3 is 5.32 Å². The summed E-state index contributed by atoms with van der Waals surface area (Å²) in [5, 5.41) is 6.69. The highest BCUT2D eigenvalue weighted by Crippen LogP contribution is 2.34. The van der Waals surface area contributed by atoms with E-state index in [0.717, 1.165) is 0 Å². The van der Waals surface area contributed by atoms with Gasteiger partial charge in [0.2, 0.25) is 0 Å². The van der Waals surface area contributed by atoms with Crippen LogP contribution in [0.2, 0.25) is 10.0 Å². The molecule has 1 aromatic carbocycles. The van der Waals surface area contributed by atoms with Crippen LogP contribution in [-0.2, 0) is 4.79 Å². The molecule has 0 aromatic heterocycles. The summed E-state index contributed by atoms with van der Waals surface area (Å²) in [7, 11) is 0. The van der Waals surface area contributed by atoms with Gasteiger partial charge in [0.15, 0.2) is 12.0 Å². The van der Waals surface area contributed by atoms with E-state index in [-0.39, 0.29) is 11.4 Å². The van der Waals surface area contributed by atoms with E-state index in [1.807, 2.05) is 20.8 Å². The van der Waals surface area contributed by atoms with Gasteiger partial charge >= 0.3 is 0 Å². The van der Waals surface area contributed by atoms with Gasteiger partial charge in [-0.15, -0.1) is 0 Å². The monoisotopic (exact) mass is 299 g/mol. The number of nitrogens with one attached hydrogen (secondary N) is 2. The fourth-order valence-electron chi connectivity index (χ4n) is 1.79. The quantitative estimate of drug-likeness (QED) is 0.838. The Kier molecular flexibility index (Phi) is 3.74. The highest BCUT2D eigenvalue weighted by atomic mass is 35.5. The molecule has 2 rings (SSSR count). The van der Waals surface area contributed by atoms with Gasteiger partial charge in [0.1, 0.15) is 0 Å². The summed E-state index contributed by atoms with van der Waals surface area (Å²) in [6.07, 6.45) is 0. The number of rotatable bonds is 1. The fraction of sp³-hybridized carbons (Fsp3) is 0.385. The molecule has 0 spiro atoms. The Morgan fingerprint density at radius 1 is 1.26 bits per heavy atom. The molecule has 1 heterocycles. The third kappa shape index (κ3) is 3.19. The van der Waals surface area contributed by atoms with Crippen LogP contribution in [0.5, 0.6) is 0 Å². The maximum absolute atomic E-state index is 12.0. The lowest BCUT2D eigenvalue weighted by atomic mass is 10.1. The minimum absolute atomic E-state index is 0.189. The Balaban J connectivity index is 2.33. The normalized spacial score (nSPS) is 19.1. The molecular weight excluding hydrogens is 285 g/mol. The Bertz CT molecular complexity index is 529. The minimum atomic E-state index is -0.703. The van der Waals surface area contributed by atoms with E-state index in [1.165, 1.54) is 0 Å². The summed E-state index contributed by atoms with van der Waals surface area (Å²) in [6.45, 7) is 5.95. The lowest BCUT2D eigenvalue weighted by molar-refractivity contribution is -0.120. The number of carbonyl (C=O) groups excluding carboxylic acids is 1. The molecule has 2 N–H and O–H groups in total. The van der Waals surface area contributed by atoms with Crippen molar-refractivity contribution in [2.24, 2.45) is 4.99 Å². The van der Waals surface area contributed by atoms with E-state index >= 15 is 0 Å². The van der Waals surface area contributed by atoms with Gasteiger partial charge in [-0.05, 0) is 32.9 Å². The van der Waals surface area contributed by atoms with E-state index in [0.29, 0.717) is 21.6 Å². The number of benzene rings is 1. The largest absolute Gasteiger partial charge is 0.351 e. The van der Waals surface area contributed by atoms with Gasteiger partial charge in [-0.3, -0.25) is 10.1 Å². The van der Waals surface area contributed by atoms with Crippen LogP contribution in [0.15, 0.2) is 23.2 Å². The van der Waals surface area contributed by atoms with E-state index in [1.54, 1.807) is 18.2 Å². The Morgan fingerprint density at radius 3 is 2.37 bits per heavy atom. The first kappa shape index (κ1) is 14.2. The second-order valence-corrected chi connectivity index (χ2v) is 6.19. The highest BCUT2D eigenvalue weighted by molar-refractivity contribution is 6.36. The van der Waals surface area contributed by atoms with E-state index in [2.05, 4.69) is 15.6 Å². The second kappa shape index (κ2) is 5.02. The molecule has 6 heteroatoms. The molecule has 1 aromatic rings. The number of guanidine groups is 1. The summed E-state index contributed by atoms with van der Waals surface area (Å²) >= 11 is 12.2. The molecule has 1 unspecified atom stereocenters. The maximum Gasteiger partial charge on any atom is 0.256 e. The van der Waals surface area contributed by atoms with Crippen molar-refractivity contribution in [3.63, 3.8) is 0 Å². The molecule has 1 aliphatic rings. The molecule has 0 saturated heterocycles. The number of amides is 1. The number of carbonyl (C=O) groups is 1. The molecule has 0 fully saturated rings. The van der Waals surface area contributed by atoms with Crippen LogP contribution >= 0.6 is 23.2 Å². The van der Waals surface area contributed by atoms with Crippen molar-refractivity contribution in [2.75, 3.05) is 0 Å². The molecule has 4 nitrogen and oxygen atoms in total. The third-order valence-electron chi connectivity index (χ3n) is 2.51. The fourth-order valence-corrected chi connectivity index (χ4v) is 2.40. The molecule has 0 aliphatic carbocycles. The van der Waals surface area contributed by atoms with E-state index < -0.39 is 6.04 Å². The number of nitrogens with zero attached hydrogens (tertiary/aromatic N) is 1. The van der Waals surface area contributed by atoms with E-state index in [4.69, 9.17) is 23.2 Å². The molecule has 0 saturated carbocycles. The topological polar surface area (TPSA) is 53.5 Å². The average molecular weight is 300 g/mol. The molecule has 102 valence electrons. The van der Waals surface area contributed by atoms with Gasteiger partial charge in [-0.1, -0.05) is 29.3 Å². The molecular formula is C13H15Cl2N3O. The minimum Gasteiger partial charge on any atom is -0.351 e. The molecule has 1 aliphatic heterocycles. The van der Waals surface area contributed by atoms with Crippen molar-refractivity contribution in [1.29, 1.82) is 0 Å². The number of aliphatic imine (C=N–C) groups is 1. The third-order valence-corrected chi connectivity index (χ3v) is 3.17. The summed E-state index contributed by atoms with van der Waals surface area (Å²) in [5.41, 5.74) is 0.347. The lowest BCUT2D eigenvalue weighted by Gasteiger charge is -2.21. The zero-order valence-corrected chi connectivity index (χ0v) is 12.4. The number of halogens is 2. The van der Waals surface area contributed by atoms with Crippen LogP contribution < -0.4 is 10.6 Å². The lowest BCUT2D eigenvalue weighted by Crippen LogP contribution is -2.46.